The summed E-state index contributed by atoms with van der Waals surface area (Å²) in [5.74, 6) is 0.778. The van der Waals surface area contributed by atoms with Crippen LogP contribution in [0.1, 0.15) is 52.9 Å². The number of pyridine rings is 1. The third-order valence-corrected chi connectivity index (χ3v) is 6.59. The van der Waals surface area contributed by atoms with Gasteiger partial charge in [-0.15, -0.1) is 0 Å². The highest BCUT2D eigenvalue weighted by atomic mass is 16.2. The van der Waals surface area contributed by atoms with E-state index < -0.39 is 0 Å². The minimum absolute atomic E-state index is 0.0184. The summed E-state index contributed by atoms with van der Waals surface area (Å²) < 4.78 is 2.12. The Kier molecular flexibility index (Phi) is 4.85. The molecule has 1 aliphatic rings. The third-order valence-electron chi connectivity index (χ3n) is 6.59. The fourth-order valence-electron chi connectivity index (χ4n) is 4.72. The van der Waals surface area contributed by atoms with Crippen molar-refractivity contribution < 1.29 is 4.79 Å². The number of benzene rings is 1. The molecule has 0 unspecified atom stereocenters. The summed E-state index contributed by atoms with van der Waals surface area (Å²) in [6.07, 6.45) is 8.55. The number of nitrogens with one attached hydrogen (secondary N) is 1. The predicted octanol–water partition coefficient (Wildman–Crippen LogP) is 4.15. The van der Waals surface area contributed by atoms with Gasteiger partial charge in [0.2, 0.25) is 0 Å². The van der Waals surface area contributed by atoms with Crippen LogP contribution in [0.5, 0.6) is 0 Å². The lowest BCUT2D eigenvalue weighted by Gasteiger charge is -2.41. The number of nitrogens with zero attached hydrogens (tertiary/aromatic N) is 4. The van der Waals surface area contributed by atoms with Crippen LogP contribution in [0.4, 0.5) is 0 Å². The first-order valence-corrected chi connectivity index (χ1v) is 10.9. The highest BCUT2D eigenvalue weighted by molar-refractivity contribution is 5.92. The van der Waals surface area contributed by atoms with E-state index in [0.717, 1.165) is 36.4 Å². The van der Waals surface area contributed by atoms with E-state index >= 15 is 0 Å². The largest absolute Gasteiger partial charge is 0.338 e. The monoisotopic (exact) mass is 413 g/mol. The maximum absolute atomic E-state index is 12.9. The summed E-state index contributed by atoms with van der Waals surface area (Å²) in [4.78, 5) is 27.2. The number of H-pyrrole nitrogens is 1. The maximum Gasteiger partial charge on any atom is 0.271 e. The number of likely N-dealkylation sites (tertiary alicyclic amines) is 1. The molecule has 4 heterocycles. The Balaban J connectivity index is 1.50. The fraction of sp³-hybridized carbons (Fsp3) is 0.320. The van der Waals surface area contributed by atoms with Crippen LogP contribution in [0.2, 0.25) is 0 Å². The van der Waals surface area contributed by atoms with Crippen molar-refractivity contribution in [3.8, 4) is 0 Å². The van der Waals surface area contributed by atoms with Crippen LogP contribution in [0.15, 0.2) is 61.1 Å². The van der Waals surface area contributed by atoms with Gasteiger partial charge in [0.25, 0.3) is 5.91 Å². The van der Waals surface area contributed by atoms with Crippen molar-refractivity contribution in [2.24, 2.45) is 0 Å². The highest BCUT2D eigenvalue weighted by Gasteiger charge is 2.41. The van der Waals surface area contributed by atoms with E-state index in [-0.39, 0.29) is 11.3 Å². The lowest BCUT2D eigenvalue weighted by atomic mass is 9.70. The molecule has 0 bridgehead atoms. The highest BCUT2D eigenvalue weighted by Crippen LogP contribution is 2.41. The number of rotatable bonds is 4. The molecule has 6 heteroatoms. The lowest BCUT2D eigenvalue weighted by Crippen LogP contribution is -2.46. The van der Waals surface area contributed by atoms with Gasteiger partial charge in [-0.25, -0.2) is 9.97 Å². The zero-order valence-electron chi connectivity index (χ0n) is 18.0. The SMILES string of the molecule is CCc1ccn2cc(C3(c4ccccc4)CCN(C(=O)c4cnc(C)[nH]4)CC3)nc2c1. The predicted molar refractivity (Wildman–Crippen MR) is 120 cm³/mol. The first kappa shape index (κ1) is 19.5. The van der Waals surface area contributed by atoms with Gasteiger partial charge in [0.05, 0.1) is 11.9 Å². The van der Waals surface area contributed by atoms with Crippen LogP contribution in [-0.2, 0) is 11.8 Å². The Morgan fingerprint density at radius 2 is 1.94 bits per heavy atom. The Hall–Kier alpha value is -3.41. The van der Waals surface area contributed by atoms with Crippen LogP contribution in [0, 0.1) is 6.92 Å². The second-order valence-electron chi connectivity index (χ2n) is 8.40. The van der Waals surface area contributed by atoms with E-state index in [4.69, 9.17) is 4.98 Å². The molecule has 4 aromatic rings. The number of aryl methyl sites for hydroxylation is 2. The summed E-state index contributed by atoms with van der Waals surface area (Å²) >= 11 is 0. The minimum atomic E-state index is -0.208. The van der Waals surface area contributed by atoms with Gasteiger partial charge in [-0.05, 0) is 49.4 Å². The average Bonchev–Trinajstić information content (AvgIpc) is 3.45. The van der Waals surface area contributed by atoms with Gasteiger partial charge in [-0.3, -0.25) is 4.79 Å². The average molecular weight is 414 g/mol. The lowest BCUT2D eigenvalue weighted by molar-refractivity contribution is 0.0678. The number of carbonyl (C=O) groups is 1. The molecule has 0 aliphatic carbocycles. The molecule has 1 aromatic carbocycles. The zero-order chi connectivity index (χ0) is 21.4. The number of amides is 1. The van der Waals surface area contributed by atoms with Crippen LogP contribution in [0.25, 0.3) is 5.65 Å². The molecule has 31 heavy (non-hydrogen) atoms. The molecule has 3 aromatic heterocycles. The van der Waals surface area contributed by atoms with Crippen molar-refractivity contribution in [1.82, 2.24) is 24.3 Å². The van der Waals surface area contributed by atoms with E-state index in [9.17, 15) is 4.79 Å². The Bertz CT molecular complexity index is 1220. The van der Waals surface area contributed by atoms with E-state index in [2.05, 4.69) is 70.1 Å². The zero-order valence-corrected chi connectivity index (χ0v) is 18.0. The molecule has 1 fully saturated rings. The minimum Gasteiger partial charge on any atom is -0.338 e. The standard InChI is InChI=1S/C25H27N5O/c1-3-19-9-12-30-17-22(28-23(30)15-19)25(20-7-5-4-6-8-20)10-13-29(14-11-25)24(31)21-16-26-18(2)27-21/h4-9,12,15-17H,3,10-11,13-14H2,1-2H3,(H,26,27). The summed E-state index contributed by atoms with van der Waals surface area (Å²) in [6.45, 7) is 5.38. The molecule has 0 saturated carbocycles. The van der Waals surface area contributed by atoms with Crippen molar-refractivity contribution >= 4 is 11.6 Å². The van der Waals surface area contributed by atoms with Gasteiger partial charge in [0.1, 0.15) is 17.2 Å². The second-order valence-corrected chi connectivity index (χ2v) is 8.40. The number of carbonyl (C=O) groups excluding carboxylic acids is 1. The van der Waals surface area contributed by atoms with Crippen molar-refractivity contribution in [2.45, 2.75) is 38.5 Å². The molecule has 1 N–H and O–H groups in total. The van der Waals surface area contributed by atoms with Crippen molar-refractivity contribution in [3.05, 3.63) is 89.4 Å². The normalized spacial score (nSPS) is 16.0. The molecule has 5 rings (SSSR count). The first-order chi connectivity index (χ1) is 15.1. The number of aromatic amines is 1. The van der Waals surface area contributed by atoms with Gasteiger partial charge < -0.3 is 14.3 Å². The Morgan fingerprint density at radius 3 is 2.61 bits per heavy atom. The number of imidazole rings is 2. The molecule has 1 amide bonds. The van der Waals surface area contributed by atoms with Crippen LogP contribution < -0.4 is 0 Å². The van der Waals surface area contributed by atoms with E-state index in [0.29, 0.717) is 18.8 Å². The van der Waals surface area contributed by atoms with Gasteiger partial charge in [-0.1, -0.05) is 37.3 Å². The fourth-order valence-corrected chi connectivity index (χ4v) is 4.72. The molecular formula is C25H27N5O. The van der Waals surface area contributed by atoms with Gasteiger partial charge >= 0.3 is 0 Å². The van der Waals surface area contributed by atoms with Crippen LogP contribution >= 0.6 is 0 Å². The number of hydrogen-bond donors (Lipinski definition) is 1. The van der Waals surface area contributed by atoms with E-state index in [1.165, 1.54) is 11.1 Å². The first-order valence-electron chi connectivity index (χ1n) is 10.9. The summed E-state index contributed by atoms with van der Waals surface area (Å²) in [5.41, 5.74) is 4.96. The molecule has 6 nitrogen and oxygen atoms in total. The Labute approximate surface area is 182 Å². The molecule has 0 radical (unpaired) electrons. The van der Waals surface area contributed by atoms with Crippen LogP contribution in [-0.4, -0.2) is 43.2 Å². The summed E-state index contributed by atoms with van der Waals surface area (Å²) in [6, 6.07) is 14.9. The van der Waals surface area contributed by atoms with Crippen molar-refractivity contribution in [2.75, 3.05) is 13.1 Å². The van der Waals surface area contributed by atoms with Gasteiger partial charge in [0.15, 0.2) is 0 Å². The molecule has 1 aliphatic heterocycles. The van der Waals surface area contributed by atoms with Gasteiger partial charge in [-0.2, -0.15) is 0 Å². The molecule has 0 spiro atoms. The number of fused-ring (bicyclic) bond motifs is 1. The molecule has 0 atom stereocenters. The number of hydrogen-bond acceptors (Lipinski definition) is 3. The van der Waals surface area contributed by atoms with Crippen LogP contribution in [0.3, 0.4) is 0 Å². The number of piperidine rings is 1. The summed E-state index contributed by atoms with van der Waals surface area (Å²) in [7, 11) is 0. The Morgan fingerprint density at radius 1 is 1.16 bits per heavy atom. The van der Waals surface area contributed by atoms with E-state index in [1.54, 1.807) is 6.20 Å². The molecule has 158 valence electrons. The van der Waals surface area contributed by atoms with Crippen molar-refractivity contribution in [1.29, 1.82) is 0 Å². The van der Waals surface area contributed by atoms with Crippen molar-refractivity contribution in [3.63, 3.8) is 0 Å². The summed E-state index contributed by atoms with van der Waals surface area (Å²) in [5, 5.41) is 0. The number of aromatic nitrogens is 4. The van der Waals surface area contributed by atoms with E-state index in [1.807, 2.05) is 17.9 Å². The second kappa shape index (κ2) is 7.69. The third kappa shape index (κ3) is 3.42. The topological polar surface area (TPSA) is 66.3 Å². The molecular weight excluding hydrogens is 386 g/mol. The molecule has 1 saturated heterocycles. The van der Waals surface area contributed by atoms with Gasteiger partial charge in [0, 0.05) is 30.9 Å². The maximum atomic E-state index is 12.9. The quantitative estimate of drug-likeness (QED) is 0.547. The smallest absolute Gasteiger partial charge is 0.271 e.